The van der Waals surface area contributed by atoms with E-state index < -0.39 is 0 Å². The van der Waals surface area contributed by atoms with Crippen LogP contribution in [0.2, 0.25) is 0 Å². The fraction of sp³-hybridized carbons (Fsp3) is 0. The summed E-state index contributed by atoms with van der Waals surface area (Å²) in [6.45, 7) is 0. The Morgan fingerprint density at radius 1 is 0.385 bits per heavy atom. The number of para-hydroxylation sites is 2. The molecule has 1 aliphatic rings. The third-order valence-electron chi connectivity index (χ3n) is 11.2. The second-order valence-electron chi connectivity index (χ2n) is 13.8. The largest absolute Gasteiger partial charge is 0.309 e. The zero-order chi connectivity index (χ0) is 33.9. The van der Waals surface area contributed by atoms with Gasteiger partial charge in [0.1, 0.15) is 5.82 Å². The Bertz CT molecular complexity index is 3260. The van der Waals surface area contributed by atoms with Crippen LogP contribution in [0.5, 0.6) is 0 Å². The molecular formula is C48H28N4. The Morgan fingerprint density at radius 2 is 1.10 bits per heavy atom. The summed E-state index contributed by atoms with van der Waals surface area (Å²) in [5, 5.41) is 9.87. The molecule has 52 heavy (non-hydrogen) atoms. The number of pyridine rings is 2. The first-order chi connectivity index (χ1) is 25.8. The number of hydrogen-bond donors (Lipinski definition) is 0. The van der Waals surface area contributed by atoms with Crippen molar-refractivity contribution in [2.75, 3.05) is 0 Å². The molecule has 0 saturated carbocycles. The van der Waals surface area contributed by atoms with Crippen molar-refractivity contribution in [2.45, 2.75) is 0 Å². The van der Waals surface area contributed by atoms with Gasteiger partial charge in [-0.3, -0.25) is 9.55 Å². The van der Waals surface area contributed by atoms with Crippen LogP contribution in [0.1, 0.15) is 0 Å². The van der Waals surface area contributed by atoms with Crippen molar-refractivity contribution in [3.05, 3.63) is 170 Å². The number of nitrogens with zero attached hydrogens (tertiary/aromatic N) is 4. The highest BCUT2D eigenvalue weighted by Gasteiger charge is 2.25. The van der Waals surface area contributed by atoms with Crippen molar-refractivity contribution in [1.29, 1.82) is 0 Å². The smallest absolute Gasteiger partial charge is 0.145 e. The van der Waals surface area contributed by atoms with E-state index in [1.54, 1.807) is 0 Å². The molecule has 4 aromatic heterocycles. The lowest BCUT2D eigenvalue weighted by Crippen LogP contribution is -1.99. The van der Waals surface area contributed by atoms with E-state index in [-0.39, 0.29) is 0 Å². The van der Waals surface area contributed by atoms with Crippen LogP contribution >= 0.6 is 0 Å². The zero-order valence-electron chi connectivity index (χ0n) is 28.0. The summed E-state index contributed by atoms with van der Waals surface area (Å²) in [7, 11) is 0. The fourth-order valence-electron chi connectivity index (χ4n) is 8.95. The summed E-state index contributed by atoms with van der Waals surface area (Å²) >= 11 is 0. The van der Waals surface area contributed by atoms with E-state index in [0.717, 1.165) is 39.1 Å². The Labute approximate surface area is 298 Å². The minimum absolute atomic E-state index is 0.947. The summed E-state index contributed by atoms with van der Waals surface area (Å²) in [5.41, 5.74) is 13.0. The van der Waals surface area contributed by atoms with E-state index in [2.05, 4.69) is 166 Å². The van der Waals surface area contributed by atoms with E-state index in [4.69, 9.17) is 4.98 Å². The van der Waals surface area contributed by atoms with Gasteiger partial charge in [0.25, 0.3) is 0 Å². The second kappa shape index (κ2) is 10.3. The van der Waals surface area contributed by atoms with Gasteiger partial charge in [0.2, 0.25) is 0 Å². The predicted octanol–water partition coefficient (Wildman–Crippen LogP) is 12.3. The van der Waals surface area contributed by atoms with Crippen LogP contribution in [0.3, 0.4) is 0 Å². The van der Waals surface area contributed by atoms with Crippen molar-refractivity contribution in [2.24, 2.45) is 0 Å². The van der Waals surface area contributed by atoms with E-state index in [1.807, 2.05) is 18.6 Å². The van der Waals surface area contributed by atoms with Gasteiger partial charge in [0.15, 0.2) is 0 Å². The summed E-state index contributed by atoms with van der Waals surface area (Å²) in [6, 6.07) is 55.2. The van der Waals surface area contributed by atoms with E-state index >= 15 is 0 Å². The van der Waals surface area contributed by atoms with Crippen LogP contribution in [0, 0.1) is 0 Å². The average Bonchev–Trinajstić information content (AvgIpc) is 3.85. The average molecular weight is 661 g/mol. The van der Waals surface area contributed by atoms with Gasteiger partial charge in [-0.1, -0.05) is 97.1 Å². The second-order valence-corrected chi connectivity index (χ2v) is 13.8. The monoisotopic (exact) mass is 660 g/mol. The maximum Gasteiger partial charge on any atom is 0.145 e. The SMILES string of the molecule is c1ccc(-n2c3ccc(-c4ccc5c(c4)c4ccccc4n5-c4ncc5c6c(cccc46)-c4ccncc4-5)cc3c3c4ccccc4ccc32)cc1. The molecule has 0 saturated heterocycles. The Hall–Kier alpha value is -7.04. The van der Waals surface area contributed by atoms with E-state index in [9.17, 15) is 0 Å². The molecule has 7 aromatic carbocycles. The molecule has 4 heterocycles. The normalized spacial score (nSPS) is 12.2. The first kappa shape index (κ1) is 27.7. The lowest BCUT2D eigenvalue weighted by molar-refractivity contribution is 1.10. The topological polar surface area (TPSA) is 35.6 Å². The van der Waals surface area contributed by atoms with Gasteiger partial charge in [-0.25, -0.2) is 4.98 Å². The van der Waals surface area contributed by atoms with Gasteiger partial charge in [-0.15, -0.1) is 0 Å². The minimum atomic E-state index is 0.947. The molecule has 1 aliphatic carbocycles. The molecule has 0 atom stereocenters. The van der Waals surface area contributed by atoms with Gasteiger partial charge >= 0.3 is 0 Å². The fourth-order valence-corrected chi connectivity index (χ4v) is 8.95. The number of fused-ring (bicyclic) bond motifs is 11. The van der Waals surface area contributed by atoms with Crippen molar-refractivity contribution in [3.63, 3.8) is 0 Å². The summed E-state index contributed by atoms with van der Waals surface area (Å²) in [5.74, 6) is 0.947. The lowest BCUT2D eigenvalue weighted by Gasteiger charge is -2.12. The zero-order valence-corrected chi connectivity index (χ0v) is 28.0. The molecule has 0 bridgehead atoms. The summed E-state index contributed by atoms with van der Waals surface area (Å²) in [4.78, 5) is 9.62. The molecule has 11 aromatic rings. The first-order valence-electron chi connectivity index (χ1n) is 17.7. The molecular weight excluding hydrogens is 633 g/mol. The Morgan fingerprint density at radius 3 is 1.98 bits per heavy atom. The Kier molecular flexibility index (Phi) is 5.47. The molecule has 0 unspecified atom stereocenters. The van der Waals surface area contributed by atoms with Crippen molar-refractivity contribution in [3.8, 4) is 44.9 Å². The maximum atomic E-state index is 5.18. The highest BCUT2D eigenvalue weighted by atomic mass is 15.1. The van der Waals surface area contributed by atoms with Gasteiger partial charge in [0.05, 0.1) is 22.1 Å². The summed E-state index contributed by atoms with van der Waals surface area (Å²) in [6.07, 6.45) is 5.88. The first-order valence-corrected chi connectivity index (χ1v) is 17.7. The van der Waals surface area contributed by atoms with Crippen LogP contribution in [0.4, 0.5) is 0 Å². The number of aromatic nitrogens is 4. The highest BCUT2D eigenvalue weighted by molar-refractivity contribution is 6.22. The molecule has 0 spiro atoms. The van der Waals surface area contributed by atoms with Crippen LogP contribution in [-0.2, 0) is 0 Å². The van der Waals surface area contributed by atoms with Gasteiger partial charge in [0, 0.05) is 67.7 Å². The maximum absolute atomic E-state index is 5.18. The van der Waals surface area contributed by atoms with Crippen molar-refractivity contribution < 1.29 is 0 Å². The van der Waals surface area contributed by atoms with Crippen LogP contribution in [0.15, 0.2) is 170 Å². The van der Waals surface area contributed by atoms with E-state index in [1.165, 1.54) is 71.0 Å². The third-order valence-corrected chi connectivity index (χ3v) is 11.2. The molecule has 4 nitrogen and oxygen atoms in total. The van der Waals surface area contributed by atoms with Crippen molar-refractivity contribution in [1.82, 2.24) is 19.1 Å². The quantitative estimate of drug-likeness (QED) is 0.189. The molecule has 0 amide bonds. The standard InChI is InChI=1S/C48H28N4/c1-2-10-32(11-3-1)51-44-21-19-31(26-39(44)47-33-12-5-4-9-29(33)17-22-45(47)51)30-18-20-43-38(25-30)35-13-6-7-16-42(35)52(43)48-37-15-8-14-36-34-23-24-49-27-40(34)41(28-50-48)46(36)37/h1-28H. The lowest BCUT2D eigenvalue weighted by atomic mass is 9.99. The third kappa shape index (κ3) is 3.65. The molecule has 4 heteroatoms. The van der Waals surface area contributed by atoms with Gasteiger partial charge in [-0.2, -0.15) is 0 Å². The number of hydrogen-bond acceptors (Lipinski definition) is 2. The van der Waals surface area contributed by atoms with E-state index in [0.29, 0.717) is 0 Å². The highest BCUT2D eigenvalue weighted by Crippen LogP contribution is 2.48. The van der Waals surface area contributed by atoms with Crippen molar-refractivity contribution >= 4 is 65.2 Å². The molecule has 12 rings (SSSR count). The minimum Gasteiger partial charge on any atom is -0.309 e. The number of benzene rings is 7. The molecule has 0 N–H and O–H groups in total. The van der Waals surface area contributed by atoms with Crippen LogP contribution in [-0.4, -0.2) is 19.1 Å². The molecule has 240 valence electrons. The molecule has 0 radical (unpaired) electrons. The van der Waals surface area contributed by atoms with Gasteiger partial charge in [-0.05, 0) is 87.6 Å². The summed E-state index contributed by atoms with van der Waals surface area (Å²) < 4.78 is 4.75. The van der Waals surface area contributed by atoms with Crippen LogP contribution < -0.4 is 0 Å². The Balaban J connectivity index is 1.09. The predicted molar refractivity (Wildman–Crippen MR) is 216 cm³/mol. The van der Waals surface area contributed by atoms with Gasteiger partial charge < -0.3 is 4.57 Å². The molecule has 0 aliphatic heterocycles. The van der Waals surface area contributed by atoms with Crippen LogP contribution in [0.25, 0.3) is 110 Å². The molecule has 0 fully saturated rings. The number of rotatable bonds is 3.